The van der Waals surface area contributed by atoms with E-state index >= 15 is 0 Å². The number of thiocarbonyl (C=S) groups is 1. The molecule has 0 aliphatic rings. The van der Waals surface area contributed by atoms with Crippen LogP contribution in [0, 0.1) is 0 Å². The molecule has 0 heterocycles. The lowest BCUT2D eigenvalue weighted by molar-refractivity contribution is 0.777. The first-order chi connectivity index (χ1) is 13.4. The zero-order valence-corrected chi connectivity index (χ0v) is 20.0. The van der Waals surface area contributed by atoms with Crippen molar-refractivity contribution in [3.05, 3.63) is 60.3 Å². The van der Waals surface area contributed by atoms with E-state index in [1.165, 1.54) is 23.1 Å². The van der Waals surface area contributed by atoms with Crippen molar-refractivity contribution in [3.8, 4) is 0 Å². The fourth-order valence-electron chi connectivity index (χ4n) is 2.41. The highest BCUT2D eigenvalue weighted by atomic mass is 32.2. The van der Waals surface area contributed by atoms with Crippen LogP contribution >= 0.6 is 24.0 Å². The Bertz CT molecular complexity index is 555. The summed E-state index contributed by atoms with van der Waals surface area (Å²) in [5.41, 5.74) is 4.37. The summed E-state index contributed by atoms with van der Waals surface area (Å²) in [5.74, 6) is 1.98. The molecule has 1 unspecified atom stereocenters. The first-order valence-corrected chi connectivity index (χ1v) is 11.8. The summed E-state index contributed by atoms with van der Waals surface area (Å²) in [4.78, 5) is 0. The summed E-state index contributed by atoms with van der Waals surface area (Å²) in [5, 5.41) is 7.16. The molecule has 0 radical (unpaired) electrons. The molecule has 0 aromatic heterocycles. The van der Waals surface area contributed by atoms with Crippen LogP contribution in [0.4, 0.5) is 0 Å². The van der Waals surface area contributed by atoms with Gasteiger partial charge in [-0.1, -0.05) is 47.1 Å². The highest BCUT2D eigenvalue weighted by molar-refractivity contribution is 7.99. The second kappa shape index (κ2) is 17.8. The molecule has 0 bridgehead atoms. The zero-order valence-electron chi connectivity index (χ0n) is 18.4. The van der Waals surface area contributed by atoms with Crippen molar-refractivity contribution in [3.63, 3.8) is 0 Å². The molecule has 0 fully saturated rings. The monoisotopic (exact) mass is 420 g/mol. The molecule has 0 amide bonds. The van der Waals surface area contributed by atoms with Crippen LogP contribution in [0.25, 0.3) is 0 Å². The van der Waals surface area contributed by atoms with Crippen LogP contribution < -0.4 is 10.6 Å². The summed E-state index contributed by atoms with van der Waals surface area (Å²) >= 11 is 7.21. The number of nitrogens with one attached hydrogen (secondary N) is 2. The number of hydrogen-bond donors (Lipinski definition) is 2. The van der Waals surface area contributed by atoms with E-state index in [2.05, 4.69) is 69.7 Å². The molecule has 0 aliphatic heterocycles. The minimum atomic E-state index is 0.189. The third kappa shape index (κ3) is 16.9. The van der Waals surface area contributed by atoms with Gasteiger partial charge in [0.05, 0.1) is 6.04 Å². The van der Waals surface area contributed by atoms with Gasteiger partial charge in [-0.3, -0.25) is 0 Å². The molecule has 2 N–H and O–H groups in total. The Morgan fingerprint density at radius 1 is 0.964 bits per heavy atom. The smallest absolute Gasteiger partial charge is 0.166 e. The van der Waals surface area contributed by atoms with Crippen molar-refractivity contribution in [2.75, 3.05) is 18.1 Å². The average molecular weight is 421 g/mol. The van der Waals surface area contributed by atoms with E-state index < -0.39 is 0 Å². The molecule has 158 valence electrons. The van der Waals surface area contributed by atoms with Crippen LogP contribution in [0.1, 0.15) is 59.8 Å². The van der Waals surface area contributed by atoms with Gasteiger partial charge in [0.1, 0.15) is 0 Å². The van der Waals surface area contributed by atoms with Gasteiger partial charge in [0.2, 0.25) is 0 Å². The molecule has 0 rings (SSSR count). The zero-order chi connectivity index (χ0) is 21.2. The van der Waals surface area contributed by atoms with Gasteiger partial charge in [-0.25, -0.2) is 0 Å². The van der Waals surface area contributed by atoms with Crippen LogP contribution in [-0.4, -0.2) is 29.2 Å². The van der Waals surface area contributed by atoms with Crippen LogP contribution in [0.2, 0.25) is 0 Å². The lowest BCUT2D eigenvalue weighted by Gasteiger charge is -2.17. The van der Waals surface area contributed by atoms with Gasteiger partial charge in [0.25, 0.3) is 0 Å². The van der Waals surface area contributed by atoms with Crippen LogP contribution in [0.5, 0.6) is 0 Å². The molecule has 4 heteroatoms. The van der Waals surface area contributed by atoms with E-state index in [9.17, 15) is 0 Å². The molecule has 0 spiro atoms. The molecule has 2 nitrogen and oxygen atoms in total. The van der Waals surface area contributed by atoms with Gasteiger partial charge in [-0.05, 0) is 72.0 Å². The summed E-state index contributed by atoms with van der Waals surface area (Å²) in [6.07, 6.45) is 16.4. The predicted molar refractivity (Wildman–Crippen MR) is 135 cm³/mol. The highest BCUT2D eigenvalue weighted by Crippen LogP contribution is 2.13. The van der Waals surface area contributed by atoms with Gasteiger partial charge in [-0.15, -0.1) is 13.2 Å². The first kappa shape index (κ1) is 26.7. The number of allylic oxidation sites excluding steroid dienone is 5. The van der Waals surface area contributed by atoms with E-state index in [1.807, 2.05) is 23.9 Å². The Morgan fingerprint density at radius 3 is 2.21 bits per heavy atom. The van der Waals surface area contributed by atoms with Gasteiger partial charge in [0.15, 0.2) is 5.11 Å². The van der Waals surface area contributed by atoms with E-state index in [1.54, 1.807) is 0 Å². The summed E-state index contributed by atoms with van der Waals surface area (Å²) in [6, 6.07) is 0.189. The topological polar surface area (TPSA) is 24.1 Å². The van der Waals surface area contributed by atoms with Crippen molar-refractivity contribution in [2.45, 2.75) is 65.8 Å². The average Bonchev–Trinajstić information content (AvgIpc) is 2.64. The van der Waals surface area contributed by atoms with Crippen LogP contribution in [0.3, 0.4) is 0 Å². The van der Waals surface area contributed by atoms with E-state index in [0.29, 0.717) is 5.11 Å². The third-order valence-electron chi connectivity index (χ3n) is 4.20. The van der Waals surface area contributed by atoms with Gasteiger partial charge in [-0.2, -0.15) is 11.8 Å². The van der Waals surface area contributed by atoms with Crippen molar-refractivity contribution < 1.29 is 0 Å². The van der Waals surface area contributed by atoms with Crippen LogP contribution in [0.15, 0.2) is 60.3 Å². The molecular weight excluding hydrogens is 380 g/mol. The molecule has 0 saturated carbocycles. The van der Waals surface area contributed by atoms with Crippen molar-refractivity contribution >= 4 is 29.1 Å². The van der Waals surface area contributed by atoms with Crippen LogP contribution in [-0.2, 0) is 0 Å². The van der Waals surface area contributed by atoms with E-state index in [-0.39, 0.29) is 6.04 Å². The van der Waals surface area contributed by atoms with Crippen molar-refractivity contribution in [1.82, 2.24) is 10.6 Å². The molecule has 0 saturated heterocycles. The fraction of sp³-hybridized carbons (Fsp3) is 0.542. The summed E-state index contributed by atoms with van der Waals surface area (Å²) in [6.45, 7) is 17.2. The Morgan fingerprint density at radius 2 is 1.61 bits per heavy atom. The normalized spacial score (nSPS) is 12.9. The lowest BCUT2D eigenvalue weighted by atomic mass is 10.1. The van der Waals surface area contributed by atoms with Crippen molar-refractivity contribution in [2.24, 2.45) is 0 Å². The Balaban J connectivity index is 4.02. The Kier molecular flexibility index (Phi) is 17.0. The fourth-order valence-corrected chi connectivity index (χ4v) is 3.68. The first-order valence-electron chi connectivity index (χ1n) is 10.2. The SMILES string of the molecule is C=CCCNC(=S)NC(C=C)CSC/C=C(\C)CC/C=C(\C)CCC=C(C)C. The van der Waals surface area contributed by atoms with Gasteiger partial charge in [0, 0.05) is 18.1 Å². The van der Waals surface area contributed by atoms with Gasteiger partial charge < -0.3 is 10.6 Å². The third-order valence-corrected chi connectivity index (χ3v) is 5.46. The maximum Gasteiger partial charge on any atom is 0.166 e. The quantitative estimate of drug-likeness (QED) is 0.174. The van der Waals surface area contributed by atoms with Gasteiger partial charge >= 0.3 is 0 Å². The predicted octanol–water partition coefficient (Wildman–Crippen LogP) is 6.73. The lowest BCUT2D eigenvalue weighted by Crippen LogP contribution is -2.42. The number of thioether (sulfide) groups is 1. The van der Waals surface area contributed by atoms with Crippen molar-refractivity contribution in [1.29, 1.82) is 0 Å². The molecule has 0 aromatic rings. The highest BCUT2D eigenvalue weighted by Gasteiger charge is 2.05. The molecule has 0 aromatic carbocycles. The minimum absolute atomic E-state index is 0.189. The number of hydrogen-bond acceptors (Lipinski definition) is 2. The maximum absolute atomic E-state index is 5.30. The molecule has 0 aliphatic carbocycles. The summed E-state index contributed by atoms with van der Waals surface area (Å²) in [7, 11) is 0. The maximum atomic E-state index is 5.30. The van der Waals surface area contributed by atoms with E-state index in [0.717, 1.165) is 43.7 Å². The second-order valence-corrected chi connectivity index (χ2v) is 8.80. The minimum Gasteiger partial charge on any atom is -0.362 e. The molecular formula is C24H40N2S2. The second-order valence-electron chi connectivity index (χ2n) is 7.32. The Hall–Kier alpha value is -1.26. The molecule has 1 atom stereocenters. The standard InChI is InChI=1S/C24H40N2S2/c1-7-9-17-25-24(27)26-23(8-2)19-28-18-16-22(6)15-11-14-21(5)13-10-12-20(3)4/h7-8,12,14,16,23H,1-2,9-11,13,15,17-19H2,3-6H3,(H2,25,26,27)/b21-14+,22-16+. The Labute approximate surface area is 183 Å². The van der Waals surface area contributed by atoms with E-state index in [4.69, 9.17) is 12.2 Å². The molecule has 28 heavy (non-hydrogen) atoms. The largest absolute Gasteiger partial charge is 0.362 e. The summed E-state index contributed by atoms with van der Waals surface area (Å²) < 4.78 is 0. The number of rotatable bonds is 15.